The third-order valence-corrected chi connectivity index (χ3v) is 4.74. The van der Waals surface area contributed by atoms with Crippen LogP contribution in [-0.2, 0) is 0 Å². The molecule has 1 unspecified atom stereocenters. The fourth-order valence-electron chi connectivity index (χ4n) is 3.34. The summed E-state index contributed by atoms with van der Waals surface area (Å²) < 4.78 is 5.26. The second kappa shape index (κ2) is 9.49. The van der Waals surface area contributed by atoms with E-state index in [4.69, 9.17) is 4.52 Å². The number of aliphatic imine (C=N–C) groups is 1. The minimum absolute atomic E-state index is 0. The summed E-state index contributed by atoms with van der Waals surface area (Å²) >= 11 is 0. The number of aryl methyl sites for hydroxylation is 2. The Kier molecular flexibility index (Phi) is 8.36. The predicted octanol–water partition coefficient (Wildman–Crippen LogP) is 3.76. The fourth-order valence-corrected chi connectivity index (χ4v) is 3.34. The molecule has 2 N–H and O–H groups in total. The van der Waals surface area contributed by atoms with Gasteiger partial charge in [0.05, 0.1) is 5.69 Å². The zero-order chi connectivity index (χ0) is 16.1. The highest BCUT2D eigenvalue weighted by atomic mass is 127. The Bertz CT molecular complexity index is 487. The van der Waals surface area contributed by atoms with Crippen molar-refractivity contribution in [3.63, 3.8) is 0 Å². The highest BCUT2D eigenvalue weighted by molar-refractivity contribution is 14.0. The lowest BCUT2D eigenvalue weighted by Crippen LogP contribution is -2.45. The molecule has 0 saturated heterocycles. The van der Waals surface area contributed by atoms with Gasteiger partial charge < -0.3 is 15.2 Å². The van der Waals surface area contributed by atoms with Crippen LogP contribution in [0.25, 0.3) is 0 Å². The van der Waals surface area contributed by atoms with Gasteiger partial charge >= 0.3 is 0 Å². The summed E-state index contributed by atoms with van der Waals surface area (Å²) in [6, 6.07) is 0.553. The maximum absolute atomic E-state index is 5.26. The van der Waals surface area contributed by atoms with Crippen molar-refractivity contribution in [3.05, 3.63) is 17.0 Å². The molecule has 0 amide bonds. The lowest BCUT2D eigenvalue weighted by atomic mass is 9.87. The number of hydrogen-bond acceptors (Lipinski definition) is 3. The average Bonchev–Trinajstić information content (AvgIpc) is 2.84. The second-order valence-corrected chi connectivity index (χ2v) is 6.69. The van der Waals surface area contributed by atoms with Crippen molar-refractivity contribution in [3.8, 4) is 0 Å². The summed E-state index contributed by atoms with van der Waals surface area (Å²) in [5.74, 6) is 3.03. The first-order chi connectivity index (χ1) is 10.5. The van der Waals surface area contributed by atoms with Crippen molar-refractivity contribution >= 4 is 29.9 Å². The van der Waals surface area contributed by atoms with Crippen LogP contribution in [0.4, 0.5) is 0 Å². The smallest absolute Gasteiger partial charge is 0.191 e. The summed E-state index contributed by atoms with van der Waals surface area (Å²) in [4.78, 5) is 4.35. The molecule has 1 heterocycles. The third-order valence-electron chi connectivity index (χ3n) is 4.74. The highest BCUT2D eigenvalue weighted by Gasteiger charge is 2.20. The normalized spacial score (nSPS) is 23.1. The molecular weight excluding hydrogens is 403 g/mol. The number of hydrogen-bond donors (Lipinski definition) is 2. The molecule has 23 heavy (non-hydrogen) atoms. The van der Waals surface area contributed by atoms with Crippen LogP contribution in [0.5, 0.6) is 0 Å². The molecule has 2 rings (SSSR count). The van der Waals surface area contributed by atoms with E-state index in [0.29, 0.717) is 12.0 Å². The van der Waals surface area contributed by atoms with Crippen molar-refractivity contribution in [1.29, 1.82) is 0 Å². The van der Waals surface area contributed by atoms with Crippen molar-refractivity contribution in [2.75, 3.05) is 13.6 Å². The van der Waals surface area contributed by atoms with Gasteiger partial charge in [-0.3, -0.25) is 4.99 Å². The van der Waals surface area contributed by atoms with Gasteiger partial charge in [-0.2, -0.15) is 0 Å². The van der Waals surface area contributed by atoms with Crippen molar-refractivity contribution in [2.24, 2.45) is 10.9 Å². The van der Waals surface area contributed by atoms with Crippen LogP contribution in [0.3, 0.4) is 0 Å². The van der Waals surface area contributed by atoms with Crippen LogP contribution in [-0.4, -0.2) is 30.8 Å². The van der Waals surface area contributed by atoms with E-state index in [9.17, 15) is 0 Å². The molecule has 1 fully saturated rings. The van der Waals surface area contributed by atoms with Crippen LogP contribution in [0.15, 0.2) is 9.52 Å². The summed E-state index contributed by atoms with van der Waals surface area (Å²) in [5.41, 5.74) is 2.19. The van der Waals surface area contributed by atoms with Crippen LogP contribution < -0.4 is 10.6 Å². The van der Waals surface area contributed by atoms with Crippen LogP contribution in [0.1, 0.15) is 62.5 Å². The van der Waals surface area contributed by atoms with E-state index < -0.39 is 0 Å². The Morgan fingerprint density at radius 2 is 1.96 bits per heavy atom. The van der Waals surface area contributed by atoms with Crippen molar-refractivity contribution in [2.45, 2.75) is 65.3 Å². The summed E-state index contributed by atoms with van der Waals surface area (Å²) in [5, 5.41) is 11.0. The zero-order valence-corrected chi connectivity index (χ0v) is 17.3. The highest BCUT2D eigenvalue weighted by Crippen LogP contribution is 2.24. The maximum Gasteiger partial charge on any atom is 0.191 e. The molecule has 0 aromatic carbocycles. The van der Waals surface area contributed by atoms with E-state index in [-0.39, 0.29) is 24.0 Å². The summed E-state index contributed by atoms with van der Waals surface area (Å²) in [7, 11) is 1.83. The zero-order valence-electron chi connectivity index (χ0n) is 15.0. The molecule has 1 aromatic rings. The summed E-state index contributed by atoms with van der Waals surface area (Å²) in [6.45, 7) is 9.33. The topological polar surface area (TPSA) is 62.5 Å². The quantitative estimate of drug-likeness (QED) is 0.431. The Hall–Kier alpha value is -0.790. The van der Waals surface area contributed by atoms with Gasteiger partial charge in [-0.15, -0.1) is 24.0 Å². The van der Waals surface area contributed by atoms with Crippen molar-refractivity contribution in [1.82, 2.24) is 15.8 Å². The minimum Gasteiger partial charge on any atom is -0.361 e. The first kappa shape index (κ1) is 20.3. The first-order valence-corrected chi connectivity index (χ1v) is 8.41. The Balaban J connectivity index is 0.00000264. The van der Waals surface area contributed by atoms with E-state index >= 15 is 0 Å². The largest absolute Gasteiger partial charge is 0.361 e. The Morgan fingerprint density at radius 1 is 1.30 bits per heavy atom. The molecule has 0 radical (unpaired) electrons. The molecule has 5 nitrogen and oxygen atoms in total. The van der Waals surface area contributed by atoms with Gasteiger partial charge in [0, 0.05) is 31.1 Å². The van der Waals surface area contributed by atoms with E-state index in [1.165, 1.54) is 31.2 Å². The number of halogens is 1. The van der Waals surface area contributed by atoms with Gasteiger partial charge in [-0.05, 0) is 45.4 Å². The number of rotatable bonds is 4. The Labute approximate surface area is 157 Å². The maximum atomic E-state index is 5.26. The third kappa shape index (κ3) is 5.65. The molecule has 0 bridgehead atoms. The number of nitrogens with zero attached hydrogens (tertiary/aromatic N) is 2. The molecular formula is C17H31IN4O. The standard InChI is InChI=1S/C17H30N4O.HI/c1-11-6-8-15(9-7-11)20-17(18-5)19-10-12(2)16-13(3)21-22-14(16)4;/h11-12,15H,6-10H2,1-5H3,(H2,18,19,20);1H. The minimum atomic E-state index is 0. The Morgan fingerprint density at radius 3 is 2.48 bits per heavy atom. The number of aromatic nitrogens is 1. The van der Waals surface area contributed by atoms with E-state index in [1.54, 1.807) is 0 Å². The molecule has 132 valence electrons. The van der Waals surface area contributed by atoms with Crippen LogP contribution in [0.2, 0.25) is 0 Å². The molecule has 1 saturated carbocycles. The average molecular weight is 434 g/mol. The van der Waals surface area contributed by atoms with E-state index in [0.717, 1.165) is 29.9 Å². The van der Waals surface area contributed by atoms with Gasteiger partial charge in [0.2, 0.25) is 0 Å². The molecule has 1 aliphatic carbocycles. The van der Waals surface area contributed by atoms with Crippen LogP contribution >= 0.6 is 24.0 Å². The fraction of sp³-hybridized carbons (Fsp3) is 0.765. The number of nitrogens with one attached hydrogen (secondary N) is 2. The van der Waals surface area contributed by atoms with Crippen molar-refractivity contribution < 1.29 is 4.52 Å². The van der Waals surface area contributed by atoms with E-state index in [1.807, 2.05) is 20.9 Å². The SMILES string of the molecule is CN=C(NCC(C)c1c(C)noc1C)NC1CCC(C)CC1.I. The van der Waals surface area contributed by atoms with Gasteiger partial charge in [-0.1, -0.05) is 19.0 Å². The van der Waals surface area contributed by atoms with Gasteiger partial charge in [0.25, 0.3) is 0 Å². The molecule has 1 aliphatic rings. The molecule has 6 heteroatoms. The molecule has 0 spiro atoms. The lowest BCUT2D eigenvalue weighted by Gasteiger charge is -2.28. The number of guanidine groups is 1. The molecule has 1 atom stereocenters. The van der Waals surface area contributed by atoms with E-state index in [2.05, 4.69) is 34.6 Å². The van der Waals surface area contributed by atoms with Gasteiger partial charge in [0.1, 0.15) is 5.76 Å². The first-order valence-electron chi connectivity index (χ1n) is 8.41. The van der Waals surface area contributed by atoms with Crippen LogP contribution in [0, 0.1) is 19.8 Å². The van der Waals surface area contributed by atoms with Gasteiger partial charge in [0.15, 0.2) is 5.96 Å². The second-order valence-electron chi connectivity index (χ2n) is 6.69. The lowest BCUT2D eigenvalue weighted by molar-refractivity contribution is 0.329. The predicted molar refractivity (Wildman–Crippen MR) is 106 cm³/mol. The molecule has 1 aromatic heterocycles. The van der Waals surface area contributed by atoms with Gasteiger partial charge in [-0.25, -0.2) is 0 Å². The summed E-state index contributed by atoms with van der Waals surface area (Å²) in [6.07, 6.45) is 5.09. The monoisotopic (exact) mass is 434 g/mol. The molecule has 0 aliphatic heterocycles.